The maximum Gasteiger partial charge on any atom is 0.0314 e. The highest BCUT2D eigenvalue weighted by atomic mass is 79.9. The zero-order valence-corrected chi connectivity index (χ0v) is 15.5. The highest BCUT2D eigenvalue weighted by Crippen LogP contribution is 2.29. The average molecular weight is 417 g/mol. The van der Waals surface area contributed by atoms with E-state index in [-0.39, 0.29) is 0 Å². The topological polar surface area (TPSA) is 12.0 Å². The summed E-state index contributed by atoms with van der Waals surface area (Å²) >= 11 is 8.98. The van der Waals surface area contributed by atoms with E-state index in [9.17, 15) is 0 Å². The van der Waals surface area contributed by atoms with E-state index in [1.807, 2.05) is 11.3 Å². The molecule has 1 atom stereocenters. The minimum Gasteiger partial charge on any atom is -0.316 e. The molecule has 0 aliphatic rings. The molecule has 1 aromatic carbocycles. The van der Waals surface area contributed by atoms with Crippen molar-refractivity contribution in [1.82, 2.24) is 5.32 Å². The summed E-state index contributed by atoms with van der Waals surface area (Å²) in [5, 5.41) is 5.71. The third-order valence-corrected chi connectivity index (χ3v) is 5.76. The Balaban J connectivity index is 2.11. The van der Waals surface area contributed by atoms with Gasteiger partial charge in [-0.05, 0) is 64.5 Å². The van der Waals surface area contributed by atoms with E-state index in [2.05, 4.69) is 79.8 Å². The number of hydrogen-bond acceptors (Lipinski definition) is 2. The maximum absolute atomic E-state index is 3.64. The normalized spacial score (nSPS) is 12.6. The Kier molecular flexibility index (Phi) is 6.75. The second kappa shape index (κ2) is 8.32. The van der Waals surface area contributed by atoms with Crippen molar-refractivity contribution in [1.29, 1.82) is 0 Å². The Hall–Kier alpha value is -0.160. The molecule has 0 aliphatic heterocycles. The van der Waals surface area contributed by atoms with E-state index >= 15 is 0 Å². The Labute approximate surface area is 142 Å². The lowest BCUT2D eigenvalue weighted by Crippen LogP contribution is -2.23. The maximum atomic E-state index is 3.64. The lowest BCUT2D eigenvalue weighted by atomic mass is 9.95. The Morgan fingerprint density at radius 2 is 1.90 bits per heavy atom. The van der Waals surface area contributed by atoms with Gasteiger partial charge in [0.2, 0.25) is 0 Å². The van der Waals surface area contributed by atoms with Crippen molar-refractivity contribution in [2.45, 2.75) is 25.7 Å². The van der Waals surface area contributed by atoms with Crippen LogP contribution in [-0.4, -0.2) is 13.1 Å². The first-order chi connectivity index (χ1) is 9.70. The second-order valence-corrected chi connectivity index (χ2v) is 7.62. The molecular formula is C16H19Br2NS. The van der Waals surface area contributed by atoms with Crippen LogP contribution in [-0.2, 0) is 6.42 Å². The number of benzene rings is 1. The molecular weight excluding hydrogens is 398 g/mol. The van der Waals surface area contributed by atoms with Crippen molar-refractivity contribution < 1.29 is 0 Å². The van der Waals surface area contributed by atoms with Gasteiger partial charge in [-0.1, -0.05) is 35.0 Å². The molecule has 108 valence electrons. The fourth-order valence-corrected chi connectivity index (χ4v) is 4.05. The van der Waals surface area contributed by atoms with Crippen molar-refractivity contribution in [3.05, 3.63) is 55.1 Å². The summed E-state index contributed by atoms with van der Waals surface area (Å²) in [6.45, 7) is 4.32. The smallest absolute Gasteiger partial charge is 0.0314 e. The highest BCUT2D eigenvalue weighted by molar-refractivity contribution is 9.10. The van der Waals surface area contributed by atoms with Gasteiger partial charge in [0.15, 0.2) is 0 Å². The summed E-state index contributed by atoms with van der Waals surface area (Å²) in [5.41, 5.74) is 1.40. The van der Waals surface area contributed by atoms with Gasteiger partial charge in [-0.3, -0.25) is 0 Å². The summed E-state index contributed by atoms with van der Waals surface area (Å²) in [6.07, 6.45) is 2.26. The summed E-state index contributed by atoms with van der Waals surface area (Å²) in [5.74, 6) is 0.518. The van der Waals surface area contributed by atoms with E-state index in [0.717, 1.165) is 24.0 Å². The fourth-order valence-electron chi connectivity index (χ4n) is 2.19. The molecule has 0 aliphatic carbocycles. The molecule has 0 amide bonds. The number of halogens is 2. The lowest BCUT2D eigenvalue weighted by molar-refractivity contribution is 0.579. The van der Waals surface area contributed by atoms with Crippen LogP contribution in [0.4, 0.5) is 0 Å². The van der Waals surface area contributed by atoms with Crippen LogP contribution in [0.2, 0.25) is 0 Å². The minimum absolute atomic E-state index is 0.518. The van der Waals surface area contributed by atoms with E-state index in [0.29, 0.717) is 5.92 Å². The van der Waals surface area contributed by atoms with Gasteiger partial charge in [0.1, 0.15) is 0 Å². The van der Waals surface area contributed by atoms with Crippen LogP contribution in [0.25, 0.3) is 0 Å². The molecule has 1 unspecified atom stereocenters. The molecule has 0 fully saturated rings. The first kappa shape index (κ1) is 16.2. The quantitative estimate of drug-likeness (QED) is 0.579. The van der Waals surface area contributed by atoms with Crippen molar-refractivity contribution in [2.24, 2.45) is 0 Å². The van der Waals surface area contributed by atoms with Gasteiger partial charge in [0.05, 0.1) is 0 Å². The van der Waals surface area contributed by atoms with Crippen LogP contribution in [0, 0.1) is 0 Å². The minimum atomic E-state index is 0.518. The van der Waals surface area contributed by atoms with E-state index in [1.165, 1.54) is 21.3 Å². The molecule has 4 heteroatoms. The third-order valence-electron chi connectivity index (χ3n) is 3.28. The van der Waals surface area contributed by atoms with Crippen LogP contribution in [0.3, 0.4) is 0 Å². The van der Waals surface area contributed by atoms with Gasteiger partial charge in [-0.15, -0.1) is 11.3 Å². The largest absolute Gasteiger partial charge is 0.316 e. The van der Waals surface area contributed by atoms with Gasteiger partial charge >= 0.3 is 0 Å². The standard InChI is InChI=1S/C16H19Br2NS/c1-2-8-19-11-13(10-16-15(18)7-9-20-16)12-3-5-14(17)6-4-12/h3-7,9,13,19H,2,8,10-11H2,1H3. The summed E-state index contributed by atoms with van der Waals surface area (Å²) < 4.78 is 2.37. The molecule has 0 radical (unpaired) electrons. The van der Waals surface area contributed by atoms with Crippen LogP contribution in [0.15, 0.2) is 44.7 Å². The average Bonchev–Trinajstić information content (AvgIpc) is 2.84. The van der Waals surface area contributed by atoms with Crippen LogP contribution in [0.5, 0.6) is 0 Å². The predicted octanol–water partition coefficient (Wildman–Crippen LogP) is 5.60. The van der Waals surface area contributed by atoms with E-state index < -0.39 is 0 Å². The summed E-state index contributed by atoms with van der Waals surface area (Å²) in [6, 6.07) is 10.9. The van der Waals surface area contributed by atoms with Crippen LogP contribution in [0.1, 0.15) is 29.7 Å². The van der Waals surface area contributed by atoms with Gasteiger partial charge in [-0.2, -0.15) is 0 Å². The summed E-state index contributed by atoms with van der Waals surface area (Å²) in [7, 11) is 0. The number of hydrogen-bond donors (Lipinski definition) is 1. The molecule has 0 bridgehead atoms. The van der Waals surface area contributed by atoms with Gasteiger partial charge in [0, 0.05) is 26.3 Å². The Morgan fingerprint density at radius 3 is 2.50 bits per heavy atom. The molecule has 1 aromatic heterocycles. The molecule has 2 aromatic rings. The molecule has 1 nitrogen and oxygen atoms in total. The van der Waals surface area contributed by atoms with E-state index in [4.69, 9.17) is 0 Å². The molecule has 0 saturated heterocycles. The first-order valence-corrected chi connectivity index (χ1v) is 9.35. The zero-order chi connectivity index (χ0) is 14.4. The number of rotatable bonds is 7. The second-order valence-electron chi connectivity index (χ2n) is 4.85. The van der Waals surface area contributed by atoms with Crippen LogP contribution < -0.4 is 5.32 Å². The Bertz CT molecular complexity index is 522. The summed E-state index contributed by atoms with van der Waals surface area (Å²) in [4.78, 5) is 1.43. The predicted molar refractivity (Wildman–Crippen MR) is 95.8 cm³/mol. The highest BCUT2D eigenvalue weighted by Gasteiger charge is 2.14. The van der Waals surface area contributed by atoms with Gasteiger partial charge in [-0.25, -0.2) is 0 Å². The van der Waals surface area contributed by atoms with Crippen LogP contribution >= 0.6 is 43.2 Å². The third kappa shape index (κ3) is 4.69. The SMILES string of the molecule is CCCNCC(Cc1sccc1Br)c1ccc(Br)cc1. The molecule has 1 N–H and O–H groups in total. The zero-order valence-electron chi connectivity index (χ0n) is 11.5. The molecule has 1 heterocycles. The molecule has 20 heavy (non-hydrogen) atoms. The van der Waals surface area contributed by atoms with Crippen molar-refractivity contribution in [2.75, 3.05) is 13.1 Å². The van der Waals surface area contributed by atoms with Crippen molar-refractivity contribution in [3.63, 3.8) is 0 Å². The van der Waals surface area contributed by atoms with Crippen molar-refractivity contribution in [3.8, 4) is 0 Å². The monoisotopic (exact) mass is 415 g/mol. The molecule has 0 saturated carbocycles. The Morgan fingerprint density at radius 1 is 1.15 bits per heavy atom. The molecule has 2 rings (SSSR count). The fraction of sp³-hybridized carbons (Fsp3) is 0.375. The van der Waals surface area contributed by atoms with Crippen molar-refractivity contribution >= 4 is 43.2 Å². The number of thiophene rings is 1. The van der Waals surface area contributed by atoms with Gasteiger partial charge < -0.3 is 5.32 Å². The number of nitrogens with one attached hydrogen (secondary N) is 1. The molecule has 0 spiro atoms. The van der Waals surface area contributed by atoms with Gasteiger partial charge in [0.25, 0.3) is 0 Å². The van der Waals surface area contributed by atoms with E-state index in [1.54, 1.807) is 0 Å². The lowest BCUT2D eigenvalue weighted by Gasteiger charge is -2.18. The first-order valence-electron chi connectivity index (χ1n) is 6.88.